The maximum absolute atomic E-state index is 4.41. The van der Waals surface area contributed by atoms with Crippen LogP contribution in [0.2, 0.25) is 0 Å². The highest BCUT2D eigenvalue weighted by Crippen LogP contribution is 2.22. The predicted molar refractivity (Wildman–Crippen MR) is 71.7 cm³/mol. The first kappa shape index (κ1) is 13.7. The summed E-state index contributed by atoms with van der Waals surface area (Å²) in [5.41, 5.74) is 2.38. The summed E-state index contributed by atoms with van der Waals surface area (Å²) in [4.78, 5) is 0. The average molecular weight is 288 g/mol. The second kappa shape index (κ2) is 6.40. The molecule has 16 heavy (non-hydrogen) atoms. The van der Waals surface area contributed by atoms with E-state index in [9.17, 15) is 0 Å². The second-order valence-corrected chi connectivity index (χ2v) is 4.96. The Morgan fingerprint density at radius 2 is 2.12 bits per heavy atom. The van der Waals surface area contributed by atoms with Crippen LogP contribution in [0, 0.1) is 6.92 Å². The van der Waals surface area contributed by atoms with E-state index >= 15 is 0 Å². The van der Waals surface area contributed by atoms with Crippen molar-refractivity contribution >= 4 is 15.9 Å². The standard InChI is InChI=1S/C12H22BrN3/c1-5-10(14-6-2)7-8-11-12(13)9(3)15-16(11)4/h10,14H,5-8H2,1-4H3. The summed E-state index contributed by atoms with van der Waals surface area (Å²) in [5.74, 6) is 0. The number of halogens is 1. The summed E-state index contributed by atoms with van der Waals surface area (Å²) in [6.07, 6.45) is 3.42. The summed E-state index contributed by atoms with van der Waals surface area (Å²) in [5, 5.41) is 7.91. The van der Waals surface area contributed by atoms with Gasteiger partial charge in [-0.3, -0.25) is 4.68 Å². The van der Waals surface area contributed by atoms with Crippen LogP contribution in [0.25, 0.3) is 0 Å². The molecular formula is C12H22BrN3. The predicted octanol–water partition coefficient (Wildman–Crippen LogP) is 2.81. The number of nitrogens with one attached hydrogen (secondary N) is 1. The van der Waals surface area contributed by atoms with Gasteiger partial charge in [-0.15, -0.1) is 0 Å². The smallest absolute Gasteiger partial charge is 0.0738 e. The summed E-state index contributed by atoms with van der Waals surface area (Å²) in [6.45, 7) is 7.48. The van der Waals surface area contributed by atoms with E-state index in [1.807, 2.05) is 18.7 Å². The Labute approximate surface area is 107 Å². The highest BCUT2D eigenvalue weighted by molar-refractivity contribution is 9.10. The fourth-order valence-corrected chi connectivity index (χ4v) is 2.54. The minimum Gasteiger partial charge on any atom is -0.314 e. The lowest BCUT2D eigenvalue weighted by Gasteiger charge is -2.15. The molecular weight excluding hydrogens is 266 g/mol. The van der Waals surface area contributed by atoms with Crippen LogP contribution in [0.15, 0.2) is 4.47 Å². The molecule has 1 heterocycles. The third-order valence-corrected chi connectivity index (χ3v) is 4.01. The number of hydrogen-bond acceptors (Lipinski definition) is 2. The van der Waals surface area contributed by atoms with Crippen LogP contribution in [0.1, 0.15) is 38.1 Å². The molecule has 0 amide bonds. The first-order valence-electron chi connectivity index (χ1n) is 6.01. The van der Waals surface area contributed by atoms with Crippen molar-refractivity contribution in [2.75, 3.05) is 6.54 Å². The van der Waals surface area contributed by atoms with Crippen molar-refractivity contribution in [3.8, 4) is 0 Å². The number of nitrogens with zero attached hydrogens (tertiary/aromatic N) is 2. The largest absolute Gasteiger partial charge is 0.314 e. The van der Waals surface area contributed by atoms with Gasteiger partial charge in [0, 0.05) is 13.1 Å². The van der Waals surface area contributed by atoms with Gasteiger partial charge in [0.05, 0.1) is 15.9 Å². The molecule has 0 aliphatic rings. The zero-order chi connectivity index (χ0) is 12.1. The lowest BCUT2D eigenvalue weighted by molar-refractivity contribution is 0.474. The van der Waals surface area contributed by atoms with Crippen LogP contribution < -0.4 is 5.32 Å². The maximum atomic E-state index is 4.41. The van der Waals surface area contributed by atoms with E-state index in [-0.39, 0.29) is 0 Å². The molecule has 3 nitrogen and oxygen atoms in total. The molecule has 1 aromatic heterocycles. The molecule has 0 spiro atoms. The van der Waals surface area contributed by atoms with Crippen molar-refractivity contribution in [2.24, 2.45) is 7.05 Å². The fourth-order valence-electron chi connectivity index (χ4n) is 2.00. The van der Waals surface area contributed by atoms with E-state index < -0.39 is 0 Å². The fraction of sp³-hybridized carbons (Fsp3) is 0.750. The van der Waals surface area contributed by atoms with Crippen LogP contribution in [0.3, 0.4) is 0 Å². The van der Waals surface area contributed by atoms with E-state index in [2.05, 4.69) is 40.2 Å². The monoisotopic (exact) mass is 287 g/mol. The quantitative estimate of drug-likeness (QED) is 0.872. The molecule has 0 radical (unpaired) electrons. The molecule has 0 aromatic carbocycles. The maximum Gasteiger partial charge on any atom is 0.0738 e. The van der Waals surface area contributed by atoms with Gasteiger partial charge in [-0.25, -0.2) is 0 Å². The Hall–Kier alpha value is -0.350. The van der Waals surface area contributed by atoms with Gasteiger partial charge < -0.3 is 5.32 Å². The van der Waals surface area contributed by atoms with E-state index in [4.69, 9.17) is 0 Å². The zero-order valence-corrected chi connectivity index (χ0v) is 12.3. The third kappa shape index (κ3) is 3.32. The number of rotatable bonds is 6. The van der Waals surface area contributed by atoms with Gasteiger partial charge in [-0.05, 0) is 48.7 Å². The van der Waals surface area contributed by atoms with Crippen molar-refractivity contribution in [3.05, 3.63) is 15.9 Å². The lowest BCUT2D eigenvalue weighted by atomic mass is 10.1. The molecule has 1 aromatic rings. The summed E-state index contributed by atoms with van der Waals surface area (Å²) >= 11 is 3.61. The van der Waals surface area contributed by atoms with Crippen molar-refractivity contribution in [1.29, 1.82) is 0 Å². The molecule has 0 saturated heterocycles. The van der Waals surface area contributed by atoms with Crippen LogP contribution >= 0.6 is 15.9 Å². The van der Waals surface area contributed by atoms with Crippen LogP contribution in [-0.2, 0) is 13.5 Å². The van der Waals surface area contributed by atoms with E-state index in [1.54, 1.807) is 0 Å². The average Bonchev–Trinajstić information content (AvgIpc) is 2.49. The van der Waals surface area contributed by atoms with Gasteiger partial charge in [0.1, 0.15) is 0 Å². The highest BCUT2D eigenvalue weighted by atomic mass is 79.9. The molecule has 1 rings (SSSR count). The molecule has 0 bridgehead atoms. The normalized spacial score (nSPS) is 13.1. The zero-order valence-electron chi connectivity index (χ0n) is 10.7. The number of aryl methyl sites for hydroxylation is 2. The van der Waals surface area contributed by atoms with Crippen molar-refractivity contribution < 1.29 is 0 Å². The summed E-state index contributed by atoms with van der Waals surface area (Å²) in [6, 6.07) is 0.618. The summed E-state index contributed by atoms with van der Waals surface area (Å²) in [7, 11) is 2.02. The molecule has 1 unspecified atom stereocenters. The first-order valence-corrected chi connectivity index (χ1v) is 6.80. The van der Waals surface area contributed by atoms with Crippen molar-refractivity contribution in [3.63, 3.8) is 0 Å². The van der Waals surface area contributed by atoms with E-state index in [1.165, 1.54) is 23.0 Å². The molecule has 0 saturated carbocycles. The van der Waals surface area contributed by atoms with Crippen molar-refractivity contribution in [1.82, 2.24) is 15.1 Å². The van der Waals surface area contributed by atoms with Gasteiger partial charge in [0.15, 0.2) is 0 Å². The Bertz CT molecular complexity index is 333. The third-order valence-electron chi connectivity index (χ3n) is 2.98. The van der Waals surface area contributed by atoms with E-state index in [0.29, 0.717) is 6.04 Å². The number of aromatic nitrogens is 2. The van der Waals surface area contributed by atoms with Gasteiger partial charge in [-0.1, -0.05) is 13.8 Å². The Morgan fingerprint density at radius 1 is 1.44 bits per heavy atom. The molecule has 0 aliphatic heterocycles. The van der Waals surface area contributed by atoms with Gasteiger partial charge in [0.25, 0.3) is 0 Å². The lowest BCUT2D eigenvalue weighted by Crippen LogP contribution is -2.28. The van der Waals surface area contributed by atoms with Gasteiger partial charge in [-0.2, -0.15) is 5.10 Å². The Balaban J connectivity index is 2.59. The Morgan fingerprint density at radius 3 is 2.56 bits per heavy atom. The van der Waals surface area contributed by atoms with Crippen LogP contribution in [-0.4, -0.2) is 22.4 Å². The van der Waals surface area contributed by atoms with Gasteiger partial charge >= 0.3 is 0 Å². The van der Waals surface area contributed by atoms with Crippen LogP contribution in [0.5, 0.6) is 0 Å². The van der Waals surface area contributed by atoms with Crippen LogP contribution in [0.4, 0.5) is 0 Å². The highest BCUT2D eigenvalue weighted by Gasteiger charge is 2.12. The van der Waals surface area contributed by atoms with Gasteiger partial charge in [0.2, 0.25) is 0 Å². The van der Waals surface area contributed by atoms with Crippen molar-refractivity contribution in [2.45, 2.75) is 46.1 Å². The molecule has 0 aliphatic carbocycles. The molecule has 92 valence electrons. The molecule has 4 heteroatoms. The molecule has 1 N–H and O–H groups in total. The second-order valence-electron chi connectivity index (χ2n) is 4.17. The minimum atomic E-state index is 0.618. The SMILES string of the molecule is CCNC(CC)CCc1c(Br)c(C)nn1C. The van der Waals surface area contributed by atoms with E-state index in [0.717, 1.165) is 18.7 Å². The molecule has 1 atom stereocenters. The first-order chi connectivity index (χ1) is 7.60. The Kier molecular flexibility index (Phi) is 5.49. The summed E-state index contributed by atoms with van der Waals surface area (Å²) < 4.78 is 3.15. The number of hydrogen-bond donors (Lipinski definition) is 1. The molecule has 0 fully saturated rings. The minimum absolute atomic E-state index is 0.618. The topological polar surface area (TPSA) is 29.9 Å².